The zero-order chi connectivity index (χ0) is 20.9. The van der Waals surface area contributed by atoms with Crippen molar-refractivity contribution in [3.8, 4) is 11.4 Å². The zero-order valence-corrected chi connectivity index (χ0v) is 17.3. The second-order valence-electron chi connectivity index (χ2n) is 6.86. The van der Waals surface area contributed by atoms with Gasteiger partial charge in [0.25, 0.3) is 0 Å². The molecule has 30 heavy (non-hydrogen) atoms. The van der Waals surface area contributed by atoms with Crippen LogP contribution in [-0.2, 0) is 4.79 Å². The third kappa shape index (κ3) is 4.44. The molecule has 0 unspecified atom stereocenters. The van der Waals surface area contributed by atoms with Crippen LogP contribution in [0.3, 0.4) is 0 Å². The first-order valence-corrected chi connectivity index (χ1v) is 10.1. The van der Waals surface area contributed by atoms with Crippen molar-refractivity contribution in [2.45, 2.75) is 19.8 Å². The molecule has 0 radical (unpaired) electrons. The number of carbonyl (C=O) groups is 1. The maximum absolute atomic E-state index is 12.3. The molecule has 2 aromatic carbocycles. The van der Waals surface area contributed by atoms with Gasteiger partial charge < -0.3 is 10.1 Å². The summed E-state index contributed by atoms with van der Waals surface area (Å²) >= 11 is 6.06. The van der Waals surface area contributed by atoms with E-state index < -0.39 is 0 Å². The lowest BCUT2D eigenvalue weighted by molar-refractivity contribution is -0.116. The van der Waals surface area contributed by atoms with Crippen LogP contribution in [0.5, 0.6) is 5.75 Å². The van der Waals surface area contributed by atoms with Gasteiger partial charge in [-0.3, -0.25) is 4.79 Å². The van der Waals surface area contributed by atoms with Crippen molar-refractivity contribution >= 4 is 34.2 Å². The molecule has 0 saturated heterocycles. The van der Waals surface area contributed by atoms with E-state index in [0.29, 0.717) is 35.9 Å². The van der Waals surface area contributed by atoms with Crippen LogP contribution in [0.25, 0.3) is 16.7 Å². The molecule has 4 aromatic rings. The summed E-state index contributed by atoms with van der Waals surface area (Å²) in [4.78, 5) is 16.8. The Morgan fingerprint density at radius 2 is 1.90 bits per heavy atom. The van der Waals surface area contributed by atoms with Gasteiger partial charge in [-0.2, -0.15) is 5.10 Å². The number of nitrogens with zero attached hydrogens (tertiary/aromatic N) is 3. The van der Waals surface area contributed by atoms with E-state index in [1.165, 1.54) is 0 Å². The van der Waals surface area contributed by atoms with Gasteiger partial charge in [-0.05, 0) is 43.7 Å². The predicted molar refractivity (Wildman–Crippen MR) is 118 cm³/mol. The maximum Gasteiger partial charge on any atom is 0.224 e. The van der Waals surface area contributed by atoms with Crippen LogP contribution in [0.1, 0.15) is 18.5 Å². The number of ether oxygens (including phenoxy) is 1. The number of halogens is 1. The number of anilines is 1. The highest BCUT2D eigenvalue weighted by atomic mass is 35.5. The Morgan fingerprint density at radius 3 is 2.70 bits per heavy atom. The highest BCUT2D eigenvalue weighted by molar-refractivity contribution is 6.32. The van der Waals surface area contributed by atoms with Crippen molar-refractivity contribution in [2.24, 2.45) is 0 Å². The van der Waals surface area contributed by atoms with E-state index >= 15 is 0 Å². The van der Waals surface area contributed by atoms with Gasteiger partial charge in [0, 0.05) is 11.8 Å². The Hall–Kier alpha value is -3.38. The lowest BCUT2D eigenvalue weighted by atomic mass is 10.2. The van der Waals surface area contributed by atoms with E-state index in [-0.39, 0.29) is 5.91 Å². The largest absolute Gasteiger partial charge is 0.492 e. The first-order valence-electron chi connectivity index (χ1n) is 9.70. The van der Waals surface area contributed by atoms with E-state index in [1.807, 2.05) is 60.1 Å². The van der Waals surface area contributed by atoms with Gasteiger partial charge in [0.2, 0.25) is 5.91 Å². The van der Waals surface area contributed by atoms with Crippen LogP contribution < -0.4 is 10.1 Å². The molecule has 0 aliphatic carbocycles. The number of benzene rings is 2. The summed E-state index contributed by atoms with van der Waals surface area (Å²) in [7, 11) is 0. The minimum Gasteiger partial charge on any atom is -0.492 e. The van der Waals surface area contributed by atoms with Crippen molar-refractivity contribution in [1.82, 2.24) is 14.8 Å². The molecule has 0 spiro atoms. The Balaban J connectivity index is 1.37. The number of rotatable bonds is 7. The molecule has 0 saturated carbocycles. The number of nitrogens with one attached hydrogen (secondary N) is 1. The van der Waals surface area contributed by atoms with E-state index in [0.717, 1.165) is 22.4 Å². The molecular formula is C23H21ClN4O2. The Kier molecular flexibility index (Phi) is 5.95. The minimum atomic E-state index is -0.0907. The van der Waals surface area contributed by atoms with Crippen LogP contribution >= 0.6 is 11.6 Å². The topological polar surface area (TPSA) is 69.0 Å². The number of aryl methyl sites for hydroxylation is 1. The molecule has 6 nitrogen and oxygen atoms in total. The molecule has 0 aliphatic heterocycles. The molecule has 4 rings (SSSR count). The van der Waals surface area contributed by atoms with Gasteiger partial charge in [0.15, 0.2) is 5.65 Å². The molecule has 0 bridgehead atoms. The number of hydrogen-bond donors (Lipinski definition) is 1. The quantitative estimate of drug-likeness (QED) is 0.418. The Labute approximate surface area is 179 Å². The second-order valence-corrected chi connectivity index (χ2v) is 7.27. The molecule has 152 valence electrons. The standard InChI is InChI=1S/C23H21ClN4O2/c1-16-19-14-17(15-25-23(19)28(27-16)18-8-3-2-4-9-18)26-22(29)12-7-13-30-21-11-6-5-10-20(21)24/h2-6,8-11,14-15H,7,12-13H2,1H3,(H,26,29). The van der Waals surface area contributed by atoms with Gasteiger partial charge in [-0.15, -0.1) is 0 Å². The summed E-state index contributed by atoms with van der Waals surface area (Å²) in [5.74, 6) is 0.534. The summed E-state index contributed by atoms with van der Waals surface area (Å²) in [5, 5.41) is 8.96. The first-order chi connectivity index (χ1) is 14.6. The molecular weight excluding hydrogens is 400 g/mol. The van der Waals surface area contributed by atoms with Crippen LogP contribution in [0.2, 0.25) is 5.02 Å². The van der Waals surface area contributed by atoms with E-state index in [2.05, 4.69) is 15.4 Å². The number of carbonyl (C=O) groups excluding carboxylic acids is 1. The second kappa shape index (κ2) is 8.97. The van der Waals surface area contributed by atoms with Gasteiger partial charge >= 0.3 is 0 Å². The first kappa shape index (κ1) is 19.9. The third-order valence-corrected chi connectivity index (χ3v) is 4.95. The number of aromatic nitrogens is 3. The summed E-state index contributed by atoms with van der Waals surface area (Å²) in [5.41, 5.74) is 3.20. The average molecular weight is 421 g/mol. The average Bonchev–Trinajstić information content (AvgIpc) is 3.09. The highest BCUT2D eigenvalue weighted by Gasteiger charge is 2.12. The van der Waals surface area contributed by atoms with Crippen molar-refractivity contribution in [2.75, 3.05) is 11.9 Å². The summed E-state index contributed by atoms with van der Waals surface area (Å²) < 4.78 is 7.43. The smallest absolute Gasteiger partial charge is 0.224 e. The fourth-order valence-corrected chi connectivity index (χ4v) is 3.35. The zero-order valence-electron chi connectivity index (χ0n) is 16.5. The molecule has 0 atom stereocenters. The summed E-state index contributed by atoms with van der Waals surface area (Å²) in [6.07, 6.45) is 2.57. The summed E-state index contributed by atoms with van der Waals surface area (Å²) in [6.45, 7) is 2.35. The highest BCUT2D eigenvalue weighted by Crippen LogP contribution is 2.24. The number of pyridine rings is 1. The molecule has 2 heterocycles. The van der Waals surface area contributed by atoms with Crippen molar-refractivity contribution in [3.63, 3.8) is 0 Å². The summed E-state index contributed by atoms with van der Waals surface area (Å²) in [6, 6.07) is 19.0. The molecule has 1 amide bonds. The maximum atomic E-state index is 12.3. The van der Waals surface area contributed by atoms with Crippen molar-refractivity contribution < 1.29 is 9.53 Å². The predicted octanol–water partition coefficient (Wildman–Crippen LogP) is 5.18. The van der Waals surface area contributed by atoms with Gasteiger partial charge in [0.05, 0.1) is 34.9 Å². The Bertz CT molecular complexity index is 1170. The van der Waals surface area contributed by atoms with E-state index in [1.54, 1.807) is 18.3 Å². The van der Waals surface area contributed by atoms with Crippen LogP contribution in [0, 0.1) is 6.92 Å². The molecule has 7 heteroatoms. The van der Waals surface area contributed by atoms with Crippen LogP contribution in [0.15, 0.2) is 66.9 Å². The monoisotopic (exact) mass is 420 g/mol. The van der Waals surface area contributed by atoms with Crippen molar-refractivity contribution in [3.05, 3.63) is 77.6 Å². The molecule has 1 N–H and O–H groups in total. The lowest BCUT2D eigenvalue weighted by Crippen LogP contribution is -2.13. The van der Waals surface area contributed by atoms with Gasteiger partial charge in [-0.25, -0.2) is 9.67 Å². The number of para-hydroxylation sites is 2. The fraction of sp³-hybridized carbons (Fsp3) is 0.174. The molecule has 0 aliphatic rings. The number of amides is 1. The lowest BCUT2D eigenvalue weighted by Gasteiger charge is -2.08. The SMILES string of the molecule is Cc1nn(-c2ccccc2)c2ncc(NC(=O)CCCOc3ccccc3Cl)cc12. The van der Waals surface area contributed by atoms with E-state index in [4.69, 9.17) is 16.3 Å². The van der Waals surface area contributed by atoms with Gasteiger partial charge in [0.1, 0.15) is 5.75 Å². The number of hydrogen-bond acceptors (Lipinski definition) is 4. The molecule has 2 aromatic heterocycles. The van der Waals surface area contributed by atoms with E-state index in [9.17, 15) is 4.79 Å². The third-order valence-electron chi connectivity index (χ3n) is 4.63. The van der Waals surface area contributed by atoms with Crippen LogP contribution in [-0.4, -0.2) is 27.3 Å². The fourth-order valence-electron chi connectivity index (χ4n) is 3.16. The number of fused-ring (bicyclic) bond motifs is 1. The van der Waals surface area contributed by atoms with Gasteiger partial charge in [-0.1, -0.05) is 41.9 Å². The Morgan fingerprint density at radius 1 is 1.13 bits per heavy atom. The van der Waals surface area contributed by atoms with Crippen molar-refractivity contribution in [1.29, 1.82) is 0 Å². The van der Waals surface area contributed by atoms with Crippen LogP contribution in [0.4, 0.5) is 5.69 Å². The normalized spacial score (nSPS) is 10.9. The molecule has 0 fully saturated rings. The minimum absolute atomic E-state index is 0.0907.